The zero-order valence-corrected chi connectivity index (χ0v) is 14.7. The van der Waals surface area contributed by atoms with E-state index in [2.05, 4.69) is 10.3 Å². The number of benzene rings is 2. The van der Waals surface area contributed by atoms with Crippen LogP contribution in [0.4, 0.5) is 5.82 Å². The summed E-state index contributed by atoms with van der Waals surface area (Å²) in [5.74, 6) is 0.301. The van der Waals surface area contributed by atoms with Crippen LogP contribution in [-0.2, 0) is 0 Å². The Bertz CT molecular complexity index is 1180. The fraction of sp³-hybridized carbons (Fsp3) is 0.158. The van der Waals surface area contributed by atoms with Crippen LogP contribution in [0.3, 0.4) is 0 Å². The van der Waals surface area contributed by atoms with Crippen molar-refractivity contribution in [3.8, 4) is 5.69 Å². The molecule has 2 N–H and O–H groups in total. The molecule has 0 aliphatic carbocycles. The largest absolute Gasteiger partial charge is 0.450 e. The average Bonchev–Trinajstić information content (AvgIpc) is 2.98. The van der Waals surface area contributed by atoms with Gasteiger partial charge >= 0.3 is 5.69 Å². The molecule has 0 saturated heterocycles. The monoisotopic (exact) mass is 369 g/mol. The zero-order valence-electron chi connectivity index (χ0n) is 14.0. The van der Waals surface area contributed by atoms with Crippen LogP contribution >= 0.6 is 11.6 Å². The Balaban J connectivity index is 2.14. The number of hydrogen-bond acceptors (Lipinski definition) is 5. The van der Waals surface area contributed by atoms with E-state index in [0.29, 0.717) is 33.2 Å². The summed E-state index contributed by atoms with van der Waals surface area (Å²) in [7, 11) is 0. The van der Waals surface area contributed by atoms with Gasteiger partial charge in [-0.1, -0.05) is 23.7 Å². The highest BCUT2D eigenvalue weighted by atomic mass is 35.5. The molecule has 0 radical (unpaired) electrons. The molecule has 0 saturated carbocycles. The van der Waals surface area contributed by atoms with Gasteiger partial charge in [0.1, 0.15) is 11.1 Å². The van der Waals surface area contributed by atoms with Gasteiger partial charge in [0.2, 0.25) is 0 Å². The first-order valence-electron chi connectivity index (χ1n) is 8.15. The maximum Gasteiger partial charge on any atom is 0.354 e. The van der Waals surface area contributed by atoms with Crippen LogP contribution in [0.2, 0.25) is 5.02 Å². The number of aromatic nitrogens is 2. The SMILES string of the molecule is Cc1cccc(-n2c(=O)nc(NCCO)c3oc4ccc(Cl)cc4c32)c1. The molecule has 0 atom stereocenters. The Morgan fingerprint density at radius 3 is 2.88 bits per heavy atom. The summed E-state index contributed by atoms with van der Waals surface area (Å²) < 4.78 is 7.48. The lowest BCUT2D eigenvalue weighted by atomic mass is 10.2. The lowest BCUT2D eigenvalue weighted by molar-refractivity contribution is 0.311. The molecule has 0 amide bonds. The van der Waals surface area contributed by atoms with Crippen molar-refractivity contribution in [1.29, 1.82) is 0 Å². The first-order chi connectivity index (χ1) is 12.6. The molecule has 0 aliphatic rings. The van der Waals surface area contributed by atoms with E-state index >= 15 is 0 Å². The van der Waals surface area contributed by atoms with E-state index in [9.17, 15) is 4.79 Å². The average molecular weight is 370 g/mol. The van der Waals surface area contributed by atoms with Gasteiger partial charge < -0.3 is 14.8 Å². The van der Waals surface area contributed by atoms with E-state index in [1.807, 2.05) is 31.2 Å². The number of furan rings is 1. The first kappa shape index (κ1) is 16.6. The van der Waals surface area contributed by atoms with E-state index < -0.39 is 5.69 Å². The Morgan fingerprint density at radius 1 is 1.27 bits per heavy atom. The van der Waals surface area contributed by atoms with Crippen molar-refractivity contribution in [3.63, 3.8) is 0 Å². The summed E-state index contributed by atoms with van der Waals surface area (Å²) >= 11 is 6.17. The summed E-state index contributed by atoms with van der Waals surface area (Å²) in [6.45, 7) is 2.13. The number of aliphatic hydroxyl groups excluding tert-OH is 1. The number of anilines is 1. The summed E-state index contributed by atoms with van der Waals surface area (Å²) in [5.41, 5.74) is 2.92. The van der Waals surface area contributed by atoms with Gasteiger partial charge in [-0.15, -0.1) is 0 Å². The van der Waals surface area contributed by atoms with E-state index in [1.54, 1.807) is 18.2 Å². The predicted molar refractivity (Wildman–Crippen MR) is 102 cm³/mol. The molecule has 0 spiro atoms. The van der Waals surface area contributed by atoms with Gasteiger partial charge in [-0.05, 0) is 42.8 Å². The molecule has 7 heteroatoms. The molecular weight excluding hydrogens is 354 g/mol. The molecule has 0 fully saturated rings. The Morgan fingerprint density at radius 2 is 2.12 bits per heavy atom. The molecular formula is C19H16ClN3O3. The quantitative estimate of drug-likeness (QED) is 0.575. The van der Waals surface area contributed by atoms with Crippen molar-refractivity contribution in [2.75, 3.05) is 18.5 Å². The number of halogens is 1. The Hall–Kier alpha value is -2.83. The standard InChI is InChI=1S/C19H16ClN3O3/c1-11-3-2-4-13(9-11)23-16-14-10-12(20)5-6-15(14)26-17(16)18(21-7-8-24)22-19(23)25/h2-6,9-10,24H,7-8H2,1H3,(H,21,22,25). The third-order valence-corrected chi connectivity index (χ3v) is 4.36. The second kappa shape index (κ2) is 6.48. The predicted octanol–water partition coefficient (Wildman–Crippen LogP) is 3.50. The molecule has 0 aliphatic heterocycles. The van der Waals surface area contributed by atoms with Gasteiger partial charge in [-0.2, -0.15) is 4.98 Å². The first-order valence-corrected chi connectivity index (χ1v) is 8.53. The lowest BCUT2D eigenvalue weighted by Gasteiger charge is -2.10. The highest BCUT2D eigenvalue weighted by Crippen LogP contribution is 2.34. The van der Waals surface area contributed by atoms with Crippen molar-refractivity contribution >= 4 is 39.5 Å². The second-order valence-electron chi connectivity index (χ2n) is 5.99. The van der Waals surface area contributed by atoms with Crippen LogP contribution in [0.1, 0.15) is 5.56 Å². The highest BCUT2D eigenvalue weighted by Gasteiger charge is 2.19. The van der Waals surface area contributed by atoms with Gasteiger partial charge in [0.15, 0.2) is 11.4 Å². The van der Waals surface area contributed by atoms with Gasteiger partial charge in [-0.25, -0.2) is 4.79 Å². The fourth-order valence-electron chi connectivity index (χ4n) is 3.03. The van der Waals surface area contributed by atoms with Crippen molar-refractivity contribution in [1.82, 2.24) is 9.55 Å². The molecule has 132 valence electrons. The lowest BCUT2D eigenvalue weighted by Crippen LogP contribution is -2.23. The van der Waals surface area contributed by atoms with Gasteiger partial charge in [-0.3, -0.25) is 4.57 Å². The second-order valence-corrected chi connectivity index (χ2v) is 6.42. The van der Waals surface area contributed by atoms with Crippen LogP contribution in [0.15, 0.2) is 51.7 Å². The van der Waals surface area contributed by atoms with E-state index in [1.165, 1.54) is 4.57 Å². The maximum atomic E-state index is 12.8. The van der Waals surface area contributed by atoms with Crippen LogP contribution in [0.25, 0.3) is 27.8 Å². The van der Waals surface area contributed by atoms with Crippen molar-refractivity contribution < 1.29 is 9.52 Å². The molecule has 6 nitrogen and oxygen atoms in total. The molecule has 2 aromatic heterocycles. The van der Waals surface area contributed by atoms with Crippen LogP contribution in [0.5, 0.6) is 0 Å². The molecule has 0 bridgehead atoms. The molecule has 0 unspecified atom stereocenters. The highest BCUT2D eigenvalue weighted by molar-refractivity contribution is 6.31. The number of nitrogens with zero attached hydrogens (tertiary/aromatic N) is 2. The fourth-order valence-corrected chi connectivity index (χ4v) is 3.20. The summed E-state index contributed by atoms with van der Waals surface area (Å²) in [6.07, 6.45) is 0. The third-order valence-electron chi connectivity index (χ3n) is 4.13. The topological polar surface area (TPSA) is 80.3 Å². The van der Waals surface area contributed by atoms with Crippen molar-refractivity contribution in [2.45, 2.75) is 6.92 Å². The summed E-state index contributed by atoms with van der Waals surface area (Å²) in [5, 5.41) is 13.3. The molecule has 4 aromatic rings. The van der Waals surface area contributed by atoms with E-state index in [-0.39, 0.29) is 13.2 Å². The van der Waals surface area contributed by atoms with Gasteiger partial charge in [0, 0.05) is 17.0 Å². The minimum Gasteiger partial charge on any atom is -0.450 e. The van der Waals surface area contributed by atoms with Crippen LogP contribution < -0.4 is 11.0 Å². The minimum absolute atomic E-state index is 0.0871. The summed E-state index contributed by atoms with van der Waals surface area (Å²) in [6, 6.07) is 12.9. The number of rotatable bonds is 4. The van der Waals surface area contributed by atoms with Crippen molar-refractivity contribution in [3.05, 3.63) is 63.5 Å². The Labute approximate surface area is 153 Å². The maximum absolute atomic E-state index is 12.8. The number of nitrogens with one attached hydrogen (secondary N) is 1. The Kier molecular flexibility index (Phi) is 4.14. The van der Waals surface area contributed by atoms with Crippen LogP contribution in [-0.4, -0.2) is 27.8 Å². The number of hydrogen-bond donors (Lipinski definition) is 2. The molecule has 2 heterocycles. The normalized spacial score (nSPS) is 11.3. The molecule has 26 heavy (non-hydrogen) atoms. The van der Waals surface area contributed by atoms with E-state index in [0.717, 1.165) is 10.9 Å². The molecule has 4 rings (SSSR count). The zero-order chi connectivity index (χ0) is 18.3. The smallest absolute Gasteiger partial charge is 0.354 e. The summed E-state index contributed by atoms with van der Waals surface area (Å²) in [4.78, 5) is 17.0. The van der Waals surface area contributed by atoms with E-state index in [4.69, 9.17) is 21.1 Å². The van der Waals surface area contributed by atoms with Gasteiger partial charge in [0.25, 0.3) is 0 Å². The van der Waals surface area contributed by atoms with Crippen LogP contribution in [0, 0.1) is 6.92 Å². The number of aryl methyl sites for hydroxylation is 1. The van der Waals surface area contributed by atoms with Crippen molar-refractivity contribution in [2.24, 2.45) is 0 Å². The molecule has 2 aromatic carbocycles. The third kappa shape index (κ3) is 2.73. The number of fused-ring (bicyclic) bond motifs is 3. The minimum atomic E-state index is -0.439. The number of aliphatic hydroxyl groups is 1. The van der Waals surface area contributed by atoms with Gasteiger partial charge in [0.05, 0.1) is 12.3 Å².